The molecule has 0 bridgehead atoms. The zero-order chi connectivity index (χ0) is 6.95. The van der Waals surface area contributed by atoms with E-state index in [0.717, 1.165) is 19.3 Å². The maximum absolute atomic E-state index is 3.72. The second kappa shape index (κ2) is 7.52. The summed E-state index contributed by atoms with van der Waals surface area (Å²) in [6, 6.07) is 0. The van der Waals surface area contributed by atoms with Crippen molar-refractivity contribution in [1.29, 1.82) is 0 Å². The topological polar surface area (TPSA) is 0 Å². The van der Waals surface area contributed by atoms with Crippen molar-refractivity contribution in [3.63, 3.8) is 0 Å². The molecule has 0 saturated carbocycles. The van der Waals surface area contributed by atoms with Crippen LogP contribution in [0.5, 0.6) is 0 Å². The number of allylic oxidation sites excluding steroid dienone is 1. The minimum Gasteiger partial charge on any atom is -0.130 e. The van der Waals surface area contributed by atoms with Crippen LogP contribution in [0.1, 0.15) is 32.6 Å². The van der Waals surface area contributed by atoms with Gasteiger partial charge in [-0.25, -0.2) is 0 Å². The van der Waals surface area contributed by atoms with Gasteiger partial charge >= 0.3 is 0 Å². The molecule has 0 spiro atoms. The summed E-state index contributed by atoms with van der Waals surface area (Å²) in [6.45, 7) is 5.88. The Labute approximate surface area is 58.3 Å². The molecular weight excluding hydrogens is 108 g/mol. The molecule has 9 heavy (non-hydrogen) atoms. The summed E-state index contributed by atoms with van der Waals surface area (Å²) in [5, 5.41) is 0. The quantitative estimate of drug-likeness (QED) is 0.504. The summed E-state index contributed by atoms with van der Waals surface area (Å²) >= 11 is 0. The van der Waals surface area contributed by atoms with E-state index in [1.54, 1.807) is 0 Å². The first-order valence-corrected chi connectivity index (χ1v) is 3.60. The summed E-state index contributed by atoms with van der Waals surface area (Å²) in [5.41, 5.74) is 3.10. The molecule has 0 amide bonds. The second-order valence-electron chi connectivity index (χ2n) is 2.01. The van der Waals surface area contributed by atoms with Crippen LogP contribution in [0.4, 0.5) is 0 Å². The Bertz CT molecular complexity index is 84.6. The van der Waals surface area contributed by atoms with Crippen molar-refractivity contribution in [2.45, 2.75) is 32.6 Å². The van der Waals surface area contributed by atoms with Crippen LogP contribution in [0.2, 0.25) is 0 Å². The summed E-state index contributed by atoms with van der Waals surface area (Å²) in [6.07, 6.45) is 8.52. The molecule has 1 radical (unpaired) electrons. The standard InChI is InChI=1S/C9H15/c1-3-5-7-9-8-6-4-2/h7-8H,1,3-6H2,2H3. The van der Waals surface area contributed by atoms with Crippen molar-refractivity contribution >= 4 is 0 Å². The van der Waals surface area contributed by atoms with Gasteiger partial charge in [0.15, 0.2) is 0 Å². The van der Waals surface area contributed by atoms with E-state index >= 15 is 0 Å². The molecule has 0 aliphatic carbocycles. The lowest BCUT2D eigenvalue weighted by molar-refractivity contribution is 0.958. The van der Waals surface area contributed by atoms with E-state index < -0.39 is 0 Å². The molecule has 0 atom stereocenters. The van der Waals surface area contributed by atoms with E-state index in [-0.39, 0.29) is 0 Å². The molecule has 0 aromatic carbocycles. The Morgan fingerprint density at radius 3 is 2.56 bits per heavy atom. The number of hydrogen-bond donors (Lipinski definition) is 0. The third kappa shape index (κ3) is 7.52. The molecule has 0 aliphatic heterocycles. The van der Waals surface area contributed by atoms with Crippen LogP contribution in [0.15, 0.2) is 17.9 Å². The van der Waals surface area contributed by atoms with Crippen molar-refractivity contribution in [3.8, 4) is 0 Å². The first-order valence-electron chi connectivity index (χ1n) is 3.60. The Balaban J connectivity index is 3.18. The molecule has 0 aromatic rings. The summed E-state index contributed by atoms with van der Waals surface area (Å²) in [7, 11) is 0. The van der Waals surface area contributed by atoms with Gasteiger partial charge in [-0.2, -0.15) is 0 Å². The maximum atomic E-state index is 3.72. The Hall–Kier alpha value is -0.480. The highest BCUT2D eigenvalue weighted by Crippen LogP contribution is 1.88. The highest BCUT2D eigenvalue weighted by atomic mass is 13.7. The van der Waals surface area contributed by atoms with Gasteiger partial charge in [-0.05, 0) is 31.4 Å². The lowest BCUT2D eigenvalue weighted by atomic mass is 10.3. The van der Waals surface area contributed by atoms with Gasteiger partial charge in [0.05, 0.1) is 0 Å². The molecule has 0 N–H and O–H groups in total. The molecule has 0 unspecified atom stereocenters. The molecule has 51 valence electrons. The summed E-state index contributed by atoms with van der Waals surface area (Å²) in [5.74, 6) is 0. The smallest absolute Gasteiger partial charge is 0.0274 e. The van der Waals surface area contributed by atoms with Crippen LogP contribution in [0.3, 0.4) is 0 Å². The van der Waals surface area contributed by atoms with Gasteiger partial charge in [0.1, 0.15) is 0 Å². The first-order chi connectivity index (χ1) is 4.41. The normalized spacial score (nSPS) is 8.22. The minimum absolute atomic E-state index is 0.979. The predicted octanol–water partition coefficient (Wildman–Crippen LogP) is 3.11. The summed E-state index contributed by atoms with van der Waals surface area (Å²) in [4.78, 5) is 0. The zero-order valence-electron chi connectivity index (χ0n) is 6.19. The molecule has 0 nitrogen and oxygen atoms in total. The lowest BCUT2D eigenvalue weighted by Gasteiger charge is -1.78. The van der Waals surface area contributed by atoms with E-state index in [9.17, 15) is 0 Å². The second-order valence-corrected chi connectivity index (χ2v) is 2.01. The van der Waals surface area contributed by atoms with E-state index in [1.165, 1.54) is 6.42 Å². The molecule has 0 rings (SSSR count). The Morgan fingerprint density at radius 2 is 2.00 bits per heavy atom. The van der Waals surface area contributed by atoms with Gasteiger partial charge in [-0.15, -0.1) is 5.73 Å². The SMILES string of the molecule is [CH2]CCC=C=CCCC. The fourth-order valence-electron chi connectivity index (χ4n) is 0.496. The van der Waals surface area contributed by atoms with E-state index in [4.69, 9.17) is 0 Å². The van der Waals surface area contributed by atoms with Crippen molar-refractivity contribution < 1.29 is 0 Å². The van der Waals surface area contributed by atoms with E-state index in [2.05, 4.69) is 25.7 Å². The average molecular weight is 123 g/mol. The minimum atomic E-state index is 0.979. The van der Waals surface area contributed by atoms with Crippen molar-refractivity contribution in [3.05, 3.63) is 24.8 Å². The fraction of sp³-hybridized carbons (Fsp3) is 0.556. The predicted molar refractivity (Wildman–Crippen MR) is 42.2 cm³/mol. The van der Waals surface area contributed by atoms with Gasteiger partial charge in [-0.1, -0.05) is 20.3 Å². The summed E-state index contributed by atoms with van der Waals surface area (Å²) < 4.78 is 0. The molecule has 0 heterocycles. The molecule has 0 aromatic heterocycles. The number of rotatable bonds is 4. The van der Waals surface area contributed by atoms with E-state index in [1.807, 2.05) is 6.08 Å². The van der Waals surface area contributed by atoms with Crippen LogP contribution in [0.25, 0.3) is 0 Å². The first kappa shape index (κ1) is 8.52. The Kier molecular flexibility index (Phi) is 7.12. The molecule has 0 saturated heterocycles. The number of hydrogen-bond acceptors (Lipinski definition) is 0. The average Bonchev–Trinajstić information content (AvgIpc) is 1.89. The lowest BCUT2D eigenvalue weighted by Crippen LogP contribution is -1.59. The molecule has 0 heteroatoms. The highest BCUT2D eigenvalue weighted by molar-refractivity contribution is 4.84. The van der Waals surface area contributed by atoms with Crippen molar-refractivity contribution in [1.82, 2.24) is 0 Å². The van der Waals surface area contributed by atoms with Gasteiger partial charge in [0.25, 0.3) is 0 Å². The number of unbranched alkanes of at least 4 members (excludes halogenated alkanes) is 2. The third-order valence-electron chi connectivity index (χ3n) is 1.02. The van der Waals surface area contributed by atoms with Crippen molar-refractivity contribution in [2.75, 3.05) is 0 Å². The van der Waals surface area contributed by atoms with E-state index in [0.29, 0.717) is 0 Å². The van der Waals surface area contributed by atoms with Gasteiger partial charge in [0.2, 0.25) is 0 Å². The van der Waals surface area contributed by atoms with Gasteiger partial charge < -0.3 is 0 Å². The Morgan fingerprint density at radius 1 is 1.33 bits per heavy atom. The monoisotopic (exact) mass is 123 g/mol. The molecule has 0 aliphatic rings. The molecule has 0 fully saturated rings. The van der Waals surface area contributed by atoms with Crippen LogP contribution in [-0.2, 0) is 0 Å². The fourth-order valence-corrected chi connectivity index (χ4v) is 0.496. The van der Waals surface area contributed by atoms with Crippen LogP contribution in [-0.4, -0.2) is 0 Å². The van der Waals surface area contributed by atoms with Crippen LogP contribution in [0, 0.1) is 6.92 Å². The third-order valence-corrected chi connectivity index (χ3v) is 1.02. The van der Waals surface area contributed by atoms with Gasteiger partial charge in [0, 0.05) is 0 Å². The largest absolute Gasteiger partial charge is 0.130 e. The van der Waals surface area contributed by atoms with Gasteiger partial charge in [-0.3, -0.25) is 0 Å². The van der Waals surface area contributed by atoms with Crippen LogP contribution < -0.4 is 0 Å². The molecular formula is C9H15. The highest BCUT2D eigenvalue weighted by Gasteiger charge is 1.69. The van der Waals surface area contributed by atoms with Crippen molar-refractivity contribution in [2.24, 2.45) is 0 Å². The van der Waals surface area contributed by atoms with Crippen LogP contribution >= 0.6 is 0 Å². The zero-order valence-corrected chi connectivity index (χ0v) is 6.19. The maximum Gasteiger partial charge on any atom is -0.0274 e.